The standard InChI is InChI=1S/C12H24N2O2/c1-9(2)13-11-14(6)10(7-15-11)8-16-12(3,4)5/h9-10H,7-8H2,1-6H3/b13-11-/t10-/m1/s1. The Balaban J connectivity index is 2.48. The number of likely N-dealkylation sites (N-methyl/N-ethyl adjacent to an activating group) is 1. The average Bonchev–Trinajstić information content (AvgIpc) is 2.43. The van der Waals surface area contributed by atoms with E-state index in [1.165, 1.54) is 0 Å². The van der Waals surface area contributed by atoms with Crippen LogP contribution in [0, 0.1) is 0 Å². The summed E-state index contributed by atoms with van der Waals surface area (Å²) in [5.41, 5.74) is -0.0984. The van der Waals surface area contributed by atoms with E-state index in [9.17, 15) is 0 Å². The van der Waals surface area contributed by atoms with Crippen molar-refractivity contribution < 1.29 is 9.47 Å². The molecule has 4 nitrogen and oxygen atoms in total. The second kappa shape index (κ2) is 5.04. The van der Waals surface area contributed by atoms with Crippen molar-refractivity contribution in [3.63, 3.8) is 0 Å². The fourth-order valence-electron chi connectivity index (χ4n) is 1.40. The number of hydrogen-bond donors (Lipinski definition) is 0. The van der Waals surface area contributed by atoms with Gasteiger partial charge in [-0.3, -0.25) is 0 Å². The van der Waals surface area contributed by atoms with Crippen LogP contribution in [0.5, 0.6) is 0 Å². The summed E-state index contributed by atoms with van der Waals surface area (Å²) in [6.07, 6.45) is 0. The smallest absolute Gasteiger partial charge is 0.287 e. The SMILES string of the molecule is CC(C)/N=C1\OC[C@H](COC(C)(C)C)N1C. The Hall–Kier alpha value is -0.770. The van der Waals surface area contributed by atoms with Gasteiger partial charge in [0.2, 0.25) is 0 Å². The molecule has 1 saturated heterocycles. The van der Waals surface area contributed by atoms with E-state index in [-0.39, 0.29) is 17.7 Å². The van der Waals surface area contributed by atoms with Gasteiger partial charge in [-0.1, -0.05) is 0 Å². The zero-order chi connectivity index (χ0) is 12.3. The van der Waals surface area contributed by atoms with Crippen LogP contribution < -0.4 is 0 Å². The quantitative estimate of drug-likeness (QED) is 0.740. The first-order chi connectivity index (χ1) is 7.29. The molecular weight excluding hydrogens is 204 g/mol. The molecule has 1 fully saturated rings. The third kappa shape index (κ3) is 4.00. The minimum Gasteiger partial charge on any atom is -0.463 e. The number of amidine groups is 1. The van der Waals surface area contributed by atoms with Crippen molar-refractivity contribution in [1.82, 2.24) is 4.90 Å². The second-order valence-corrected chi connectivity index (χ2v) is 5.50. The van der Waals surface area contributed by atoms with Crippen molar-refractivity contribution in [2.75, 3.05) is 20.3 Å². The summed E-state index contributed by atoms with van der Waals surface area (Å²) in [4.78, 5) is 6.48. The molecule has 1 heterocycles. The van der Waals surface area contributed by atoms with Gasteiger partial charge in [0.05, 0.1) is 18.2 Å². The van der Waals surface area contributed by atoms with Gasteiger partial charge in [0, 0.05) is 13.1 Å². The molecule has 0 aliphatic carbocycles. The molecule has 0 radical (unpaired) electrons. The molecule has 1 rings (SSSR count). The predicted octanol–water partition coefficient (Wildman–Crippen LogP) is 1.90. The molecule has 0 bridgehead atoms. The lowest BCUT2D eigenvalue weighted by molar-refractivity contribution is -0.0220. The van der Waals surface area contributed by atoms with Gasteiger partial charge in [-0.25, -0.2) is 4.99 Å². The van der Waals surface area contributed by atoms with E-state index in [0.717, 1.165) is 6.02 Å². The fraction of sp³-hybridized carbons (Fsp3) is 0.917. The first kappa shape index (κ1) is 13.3. The van der Waals surface area contributed by atoms with Gasteiger partial charge in [0.25, 0.3) is 6.02 Å². The maximum absolute atomic E-state index is 5.76. The molecule has 0 amide bonds. The highest BCUT2D eigenvalue weighted by atomic mass is 16.5. The van der Waals surface area contributed by atoms with Crippen molar-refractivity contribution in [1.29, 1.82) is 0 Å². The molecule has 0 N–H and O–H groups in total. The summed E-state index contributed by atoms with van der Waals surface area (Å²) in [5, 5.41) is 0. The Morgan fingerprint density at radius 3 is 2.62 bits per heavy atom. The Morgan fingerprint density at radius 2 is 2.12 bits per heavy atom. The summed E-state index contributed by atoms with van der Waals surface area (Å²) in [6.45, 7) is 11.6. The molecule has 0 aromatic rings. The molecule has 0 saturated carbocycles. The van der Waals surface area contributed by atoms with Crippen LogP contribution in [0.25, 0.3) is 0 Å². The number of rotatable bonds is 3. The van der Waals surface area contributed by atoms with Crippen LogP contribution in [-0.4, -0.2) is 48.9 Å². The lowest BCUT2D eigenvalue weighted by Crippen LogP contribution is -2.37. The van der Waals surface area contributed by atoms with Crippen LogP contribution in [0.15, 0.2) is 4.99 Å². The van der Waals surface area contributed by atoms with E-state index in [4.69, 9.17) is 9.47 Å². The first-order valence-corrected chi connectivity index (χ1v) is 5.87. The van der Waals surface area contributed by atoms with Crippen molar-refractivity contribution in [2.24, 2.45) is 4.99 Å². The first-order valence-electron chi connectivity index (χ1n) is 5.87. The van der Waals surface area contributed by atoms with Crippen LogP contribution in [0.3, 0.4) is 0 Å². The molecule has 0 aromatic heterocycles. The molecule has 1 aliphatic heterocycles. The maximum Gasteiger partial charge on any atom is 0.287 e. The average molecular weight is 228 g/mol. The summed E-state index contributed by atoms with van der Waals surface area (Å²) >= 11 is 0. The summed E-state index contributed by atoms with van der Waals surface area (Å²) in [5.74, 6) is 0. The van der Waals surface area contributed by atoms with E-state index in [1.807, 2.05) is 20.9 Å². The van der Waals surface area contributed by atoms with Gasteiger partial charge in [0.1, 0.15) is 6.61 Å². The topological polar surface area (TPSA) is 34.1 Å². The number of ether oxygens (including phenoxy) is 2. The van der Waals surface area contributed by atoms with Crippen molar-refractivity contribution in [3.8, 4) is 0 Å². The molecule has 94 valence electrons. The third-order valence-electron chi connectivity index (χ3n) is 2.33. The van der Waals surface area contributed by atoms with Gasteiger partial charge in [-0.15, -0.1) is 0 Å². The lowest BCUT2D eigenvalue weighted by Gasteiger charge is -2.24. The molecular formula is C12H24N2O2. The highest BCUT2D eigenvalue weighted by Crippen LogP contribution is 2.15. The normalized spacial score (nSPS) is 24.3. The van der Waals surface area contributed by atoms with E-state index in [1.54, 1.807) is 0 Å². The minimum atomic E-state index is -0.0984. The van der Waals surface area contributed by atoms with Crippen LogP contribution in [0.4, 0.5) is 0 Å². The molecule has 4 heteroatoms. The van der Waals surface area contributed by atoms with E-state index in [2.05, 4.69) is 30.7 Å². The van der Waals surface area contributed by atoms with Crippen molar-refractivity contribution >= 4 is 6.02 Å². The fourth-order valence-corrected chi connectivity index (χ4v) is 1.40. The summed E-state index contributed by atoms with van der Waals surface area (Å²) in [6, 6.07) is 1.27. The molecule has 0 unspecified atom stereocenters. The number of hydrogen-bond acceptors (Lipinski definition) is 3. The number of nitrogens with zero attached hydrogens (tertiary/aromatic N) is 2. The lowest BCUT2D eigenvalue weighted by atomic mass is 10.2. The van der Waals surface area contributed by atoms with Gasteiger partial charge in [-0.2, -0.15) is 0 Å². The van der Waals surface area contributed by atoms with Gasteiger partial charge in [0.15, 0.2) is 0 Å². The zero-order valence-corrected chi connectivity index (χ0v) is 11.3. The van der Waals surface area contributed by atoms with Crippen LogP contribution >= 0.6 is 0 Å². The summed E-state index contributed by atoms with van der Waals surface area (Å²) in [7, 11) is 2.00. The minimum absolute atomic E-state index is 0.0984. The molecule has 0 aromatic carbocycles. The Labute approximate surface area is 98.6 Å². The molecule has 16 heavy (non-hydrogen) atoms. The Bertz CT molecular complexity index is 256. The van der Waals surface area contributed by atoms with Crippen molar-refractivity contribution in [2.45, 2.75) is 52.3 Å². The van der Waals surface area contributed by atoms with Gasteiger partial charge >= 0.3 is 0 Å². The van der Waals surface area contributed by atoms with E-state index >= 15 is 0 Å². The predicted molar refractivity (Wildman–Crippen MR) is 65.8 cm³/mol. The Morgan fingerprint density at radius 1 is 1.50 bits per heavy atom. The molecule has 1 aliphatic rings. The third-order valence-corrected chi connectivity index (χ3v) is 2.33. The van der Waals surface area contributed by atoms with Crippen LogP contribution in [0.2, 0.25) is 0 Å². The maximum atomic E-state index is 5.76. The monoisotopic (exact) mass is 228 g/mol. The van der Waals surface area contributed by atoms with Gasteiger partial charge < -0.3 is 14.4 Å². The summed E-state index contributed by atoms with van der Waals surface area (Å²) < 4.78 is 11.3. The Kier molecular flexibility index (Phi) is 4.19. The largest absolute Gasteiger partial charge is 0.463 e. The van der Waals surface area contributed by atoms with E-state index in [0.29, 0.717) is 13.2 Å². The van der Waals surface area contributed by atoms with Crippen LogP contribution in [-0.2, 0) is 9.47 Å². The highest BCUT2D eigenvalue weighted by molar-refractivity contribution is 5.75. The molecule has 0 spiro atoms. The number of aliphatic imine (C=N–C) groups is 1. The van der Waals surface area contributed by atoms with Crippen LogP contribution in [0.1, 0.15) is 34.6 Å². The van der Waals surface area contributed by atoms with Crippen molar-refractivity contribution in [3.05, 3.63) is 0 Å². The molecule has 1 atom stereocenters. The highest BCUT2D eigenvalue weighted by Gasteiger charge is 2.29. The van der Waals surface area contributed by atoms with E-state index < -0.39 is 0 Å². The second-order valence-electron chi connectivity index (χ2n) is 5.50. The zero-order valence-electron chi connectivity index (χ0n) is 11.3. The van der Waals surface area contributed by atoms with Gasteiger partial charge in [-0.05, 0) is 34.6 Å².